The van der Waals surface area contributed by atoms with E-state index in [4.69, 9.17) is 4.98 Å². The van der Waals surface area contributed by atoms with E-state index in [0.717, 1.165) is 53.0 Å². The lowest BCUT2D eigenvalue weighted by Gasteiger charge is -2.31. The zero-order valence-electron chi connectivity index (χ0n) is 19.9. The standard InChI is InChI=1S/C28H30N4O2S/c1-2-31(18-20-8-4-3-5-9-20)28(34)25-19-35-27(30-25)21-12-14-32(15-13-21)26(33)16-22-17-29-24-11-7-6-10-23(22)24/h3-11,17,19,21,29H,2,12-16,18H2,1H3. The summed E-state index contributed by atoms with van der Waals surface area (Å²) >= 11 is 1.57. The van der Waals surface area contributed by atoms with Gasteiger partial charge in [-0.3, -0.25) is 9.59 Å². The van der Waals surface area contributed by atoms with Crippen LogP contribution in [-0.4, -0.2) is 51.2 Å². The van der Waals surface area contributed by atoms with Gasteiger partial charge < -0.3 is 14.8 Å². The molecule has 0 bridgehead atoms. The van der Waals surface area contributed by atoms with Crippen LogP contribution in [0.15, 0.2) is 66.2 Å². The van der Waals surface area contributed by atoms with Crippen LogP contribution in [0.4, 0.5) is 0 Å². The molecule has 0 aliphatic carbocycles. The number of H-pyrrole nitrogens is 1. The van der Waals surface area contributed by atoms with Crippen LogP contribution in [0, 0.1) is 0 Å². The Morgan fingerprint density at radius 3 is 2.60 bits per heavy atom. The van der Waals surface area contributed by atoms with Crippen LogP contribution >= 0.6 is 11.3 Å². The predicted octanol–water partition coefficient (Wildman–Crippen LogP) is 5.24. The van der Waals surface area contributed by atoms with Crippen LogP contribution in [-0.2, 0) is 17.8 Å². The van der Waals surface area contributed by atoms with E-state index in [0.29, 0.717) is 31.1 Å². The third kappa shape index (κ3) is 5.15. The van der Waals surface area contributed by atoms with Crippen molar-refractivity contribution in [3.8, 4) is 0 Å². The number of rotatable bonds is 7. The fourth-order valence-corrected chi connectivity index (χ4v) is 5.76. The van der Waals surface area contributed by atoms with E-state index in [1.807, 2.05) is 76.8 Å². The summed E-state index contributed by atoms with van der Waals surface area (Å²) in [5.41, 5.74) is 3.75. The Morgan fingerprint density at radius 2 is 1.83 bits per heavy atom. The van der Waals surface area contributed by atoms with Crippen molar-refractivity contribution in [3.63, 3.8) is 0 Å². The third-order valence-electron chi connectivity index (χ3n) is 6.84. The lowest BCUT2D eigenvalue weighted by Crippen LogP contribution is -2.38. The topological polar surface area (TPSA) is 69.3 Å². The van der Waals surface area contributed by atoms with Crippen molar-refractivity contribution in [2.75, 3.05) is 19.6 Å². The third-order valence-corrected chi connectivity index (χ3v) is 7.85. The number of carbonyl (C=O) groups is 2. The number of likely N-dealkylation sites (tertiary alicyclic amines) is 1. The summed E-state index contributed by atoms with van der Waals surface area (Å²) in [6.07, 6.45) is 4.12. The number of aromatic nitrogens is 2. The molecule has 0 unspecified atom stereocenters. The molecule has 4 aromatic rings. The van der Waals surface area contributed by atoms with Gasteiger partial charge in [0.1, 0.15) is 5.69 Å². The molecule has 2 aromatic carbocycles. The number of hydrogen-bond donors (Lipinski definition) is 1. The molecule has 1 fully saturated rings. The van der Waals surface area contributed by atoms with Crippen LogP contribution < -0.4 is 0 Å². The van der Waals surface area contributed by atoms with Crippen molar-refractivity contribution in [2.45, 2.75) is 38.6 Å². The van der Waals surface area contributed by atoms with Gasteiger partial charge in [-0.1, -0.05) is 48.5 Å². The molecule has 35 heavy (non-hydrogen) atoms. The number of amides is 2. The Labute approximate surface area is 209 Å². The Morgan fingerprint density at radius 1 is 1.09 bits per heavy atom. The summed E-state index contributed by atoms with van der Waals surface area (Å²) in [6.45, 7) is 4.67. The van der Waals surface area contributed by atoms with E-state index < -0.39 is 0 Å². The van der Waals surface area contributed by atoms with Gasteiger partial charge in [0.05, 0.1) is 11.4 Å². The van der Waals surface area contributed by atoms with Crippen molar-refractivity contribution in [3.05, 3.63) is 88.0 Å². The number of nitrogens with zero attached hydrogens (tertiary/aromatic N) is 3. The molecule has 1 N–H and O–H groups in total. The molecule has 180 valence electrons. The highest BCUT2D eigenvalue weighted by molar-refractivity contribution is 7.09. The van der Waals surface area contributed by atoms with Crippen LogP contribution in [0.3, 0.4) is 0 Å². The molecule has 0 spiro atoms. The summed E-state index contributed by atoms with van der Waals surface area (Å²) in [5, 5.41) is 4.01. The van der Waals surface area contributed by atoms with E-state index in [1.165, 1.54) is 0 Å². The maximum absolute atomic E-state index is 13.1. The molecular formula is C28H30N4O2S. The number of benzene rings is 2. The first kappa shape index (κ1) is 23.3. The fourth-order valence-electron chi connectivity index (χ4n) is 4.79. The summed E-state index contributed by atoms with van der Waals surface area (Å²) in [6, 6.07) is 18.1. The van der Waals surface area contributed by atoms with Gasteiger partial charge in [0.2, 0.25) is 5.91 Å². The molecule has 2 amide bonds. The summed E-state index contributed by atoms with van der Waals surface area (Å²) in [7, 11) is 0. The number of fused-ring (bicyclic) bond motifs is 1. The lowest BCUT2D eigenvalue weighted by atomic mass is 9.97. The van der Waals surface area contributed by atoms with Gasteiger partial charge in [-0.15, -0.1) is 11.3 Å². The second-order valence-corrected chi connectivity index (χ2v) is 9.96. The number of thiazole rings is 1. The van der Waals surface area contributed by atoms with Gasteiger partial charge in [0.25, 0.3) is 5.91 Å². The maximum Gasteiger partial charge on any atom is 0.273 e. The zero-order chi connectivity index (χ0) is 24.2. The molecule has 7 heteroatoms. The first-order valence-corrected chi connectivity index (χ1v) is 13.1. The van der Waals surface area contributed by atoms with E-state index in [2.05, 4.69) is 11.1 Å². The van der Waals surface area contributed by atoms with Gasteiger partial charge in [0.15, 0.2) is 0 Å². The minimum atomic E-state index is -0.0230. The molecule has 0 radical (unpaired) electrons. The number of piperidine rings is 1. The first-order valence-electron chi connectivity index (χ1n) is 12.2. The summed E-state index contributed by atoms with van der Waals surface area (Å²) in [5.74, 6) is 0.441. The molecule has 2 aromatic heterocycles. The number of aromatic amines is 1. The van der Waals surface area contributed by atoms with Gasteiger partial charge in [-0.2, -0.15) is 0 Å². The Kier molecular flexibility index (Phi) is 6.95. The van der Waals surface area contributed by atoms with Crippen LogP contribution in [0.2, 0.25) is 0 Å². The largest absolute Gasteiger partial charge is 0.361 e. The van der Waals surface area contributed by atoms with Crippen molar-refractivity contribution < 1.29 is 9.59 Å². The summed E-state index contributed by atoms with van der Waals surface area (Å²) in [4.78, 5) is 37.8. The zero-order valence-corrected chi connectivity index (χ0v) is 20.8. The van der Waals surface area contributed by atoms with Crippen molar-refractivity contribution >= 4 is 34.1 Å². The lowest BCUT2D eigenvalue weighted by molar-refractivity contribution is -0.131. The van der Waals surface area contributed by atoms with Gasteiger partial charge in [-0.05, 0) is 37.0 Å². The quantitative estimate of drug-likeness (QED) is 0.389. The minimum Gasteiger partial charge on any atom is -0.361 e. The molecule has 3 heterocycles. The molecule has 1 aliphatic rings. The van der Waals surface area contributed by atoms with Crippen molar-refractivity contribution in [1.82, 2.24) is 19.8 Å². The number of para-hydroxylation sites is 1. The van der Waals surface area contributed by atoms with Gasteiger partial charge >= 0.3 is 0 Å². The maximum atomic E-state index is 13.1. The van der Waals surface area contributed by atoms with Crippen LogP contribution in [0.1, 0.15) is 52.3 Å². The Hall–Kier alpha value is -3.45. The molecule has 0 atom stereocenters. The van der Waals surface area contributed by atoms with E-state index in [-0.39, 0.29) is 11.8 Å². The fraction of sp³-hybridized carbons (Fsp3) is 0.321. The molecule has 6 nitrogen and oxygen atoms in total. The average Bonchev–Trinajstić information content (AvgIpc) is 3.56. The predicted molar refractivity (Wildman–Crippen MR) is 140 cm³/mol. The number of nitrogens with one attached hydrogen (secondary N) is 1. The highest BCUT2D eigenvalue weighted by atomic mass is 32.1. The molecule has 1 saturated heterocycles. The molecular weight excluding hydrogens is 456 g/mol. The Balaban J connectivity index is 1.17. The SMILES string of the molecule is CCN(Cc1ccccc1)C(=O)c1csc(C2CCN(C(=O)Cc3c[nH]c4ccccc34)CC2)n1. The van der Waals surface area contributed by atoms with Crippen molar-refractivity contribution in [1.29, 1.82) is 0 Å². The monoisotopic (exact) mass is 486 g/mol. The molecule has 5 rings (SSSR count). The van der Waals surface area contributed by atoms with Gasteiger partial charge in [0, 0.05) is 54.6 Å². The smallest absolute Gasteiger partial charge is 0.273 e. The highest BCUT2D eigenvalue weighted by Gasteiger charge is 2.27. The Bertz CT molecular complexity index is 1300. The summed E-state index contributed by atoms with van der Waals surface area (Å²) < 4.78 is 0. The second-order valence-electron chi connectivity index (χ2n) is 9.07. The first-order chi connectivity index (χ1) is 17.1. The number of hydrogen-bond acceptors (Lipinski definition) is 4. The van der Waals surface area contributed by atoms with Crippen LogP contribution in [0.5, 0.6) is 0 Å². The van der Waals surface area contributed by atoms with Crippen LogP contribution in [0.25, 0.3) is 10.9 Å². The van der Waals surface area contributed by atoms with Gasteiger partial charge in [-0.25, -0.2) is 4.98 Å². The van der Waals surface area contributed by atoms with E-state index in [9.17, 15) is 9.59 Å². The second kappa shape index (κ2) is 10.4. The normalized spacial score (nSPS) is 14.4. The highest BCUT2D eigenvalue weighted by Crippen LogP contribution is 2.31. The molecule has 0 saturated carbocycles. The van der Waals surface area contributed by atoms with E-state index >= 15 is 0 Å². The minimum absolute atomic E-state index is 0.0230. The number of carbonyl (C=O) groups excluding carboxylic acids is 2. The van der Waals surface area contributed by atoms with Crippen molar-refractivity contribution in [2.24, 2.45) is 0 Å². The van der Waals surface area contributed by atoms with E-state index in [1.54, 1.807) is 11.3 Å². The average molecular weight is 487 g/mol. The molecule has 1 aliphatic heterocycles.